The number of nitrogens with zero attached hydrogens (tertiary/aromatic N) is 1. The van der Waals surface area contributed by atoms with E-state index in [4.69, 9.17) is 23.2 Å². The van der Waals surface area contributed by atoms with Crippen molar-refractivity contribution in [3.8, 4) is 0 Å². The van der Waals surface area contributed by atoms with Crippen molar-refractivity contribution in [3.63, 3.8) is 0 Å². The fourth-order valence-corrected chi connectivity index (χ4v) is 4.04. The summed E-state index contributed by atoms with van der Waals surface area (Å²) < 4.78 is 1.03. The third kappa shape index (κ3) is 3.22. The molecule has 0 aliphatic heterocycles. The van der Waals surface area contributed by atoms with Crippen LogP contribution in [0.1, 0.15) is 10.4 Å². The van der Waals surface area contributed by atoms with Gasteiger partial charge in [0.05, 0.1) is 10.2 Å². The molecule has 0 radical (unpaired) electrons. The maximum absolute atomic E-state index is 12.3. The minimum atomic E-state index is -0.283. The highest BCUT2D eigenvalue weighted by Gasteiger charge is 2.12. The maximum Gasteiger partial charge on any atom is 0.257 e. The number of amides is 1. The molecule has 0 aliphatic rings. The lowest BCUT2D eigenvalue weighted by Gasteiger charge is -2.03. The maximum atomic E-state index is 12.3. The largest absolute Gasteiger partial charge is 0.298 e. The van der Waals surface area contributed by atoms with Crippen LogP contribution >= 0.6 is 46.3 Å². The number of nitrogens with one attached hydrogen (secondary N) is 1. The Morgan fingerprint density at radius 3 is 2.64 bits per heavy atom. The van der Waals surface area contributed by atoms with Crippen molar-refractivity contribution in [2.45, 2.75) is 4.90 Å². The first kappa shape index (κ1) is 15.6. The van der Waals surface area contributed by atoms with Gasteiger partial charge in [0.15, 0.2) is 5.13 Å². The second-order valence-corrected chi connectivity index (χ2v) is 7.19. The van der Waals surface area contributed by atoms with Gasteiger partial charge in [-0.05, 0) is 36.6 Å². The van der Waals surface area contributed by atoms with Gasteiger partial charge < -0.3 is 0 Å². The fourth-order valence-electron chi connectivity index (χ4n) is 2.00. The Morgan fingerprint density at radius 2 is 1.95 bits per heavy atom. The van der Waals surface area contributed by atoms with Crippen LogP contribution in [0.4, 0.5) is 5.13 Å². The normalized spacial score (nSPS) is 10.9. The number of hydrogen-bond acceptors (Lipinski definition) is 4. The van der Waals surface area contributed by atoms with Crippen molar-refractivity contribution in [3.05, 3.63) is 52.0 Å². The number of aromatic nitrogens is 1. The van der Waals surface area contributed by atoms with E-state index >= 15 is 0 Å². The highest BCUT2D eigenvalue weighted by molar-refractivity contribution is 7.98. The molecule has 1 amide bonds. The lowest BCUT2D eigenvalue weighted by Crippen LogP contribution is -2.11. The van der Waals surface area contributed by atoms with Gasteiger partial charge in [-0.15, -0.1) is 11.8 Å². The van der Waals surface area contributed by atoms with E-state index < -0.39 is 0 Å². The molecule has 112 valence electrons. The Hall–Kier alpha value is -1.27. The number of hydrogen-bond donors (Lipinski definition) is 1. The van der Waals surface area contributed by atoms with E-state index in [2.05, 4.69) is 10.3 Å². The SMILES string of the molecule is CSc1cccc2sc(NC(=O)c3cc(Cl)cc(Cl)c3)nc12. The third-order valence-corrected chi connectivity index (χ3v) is 5.09. The summed E-state index contributed by atoms with van der Waals surface area (Å²) in [5, 5.41) is 4.19. The molecule has 3 rings (SSSR count). The summed E-state index contributed by atoms with van der Waals surface area (Å²) >= 11 is 14.9. The number of anilines is 1. The summed E-state index contributed by atoms with van der Waals surface area (Å²) in [6, 6.07) is 10.7. The molecule has 0 aliphatic carbocycles. The van der Waals surface area contributed by atoms with E-state index in [0.29, 0.717) is 20.7 Å². The van der Waals surface area contributed by atoms with E-state index in [9.17, 15) is 4.79 Å². The number of carbonyl (C=O) groups excluding carboxylic acids is 1. The predicted molar refractivity (Wildman–Crippen MR) is 95.8 cm³/mol. The Kier molecular flexibility index (Phi) is 4.59. The first-order valence-electron chi connectivity index (χ1n) is 6.28. The lowest BCUT2D eigenvalue weighted by molar-refractivity contribution is 0.102. The zero-order valence-electron chi connectivity index (χ0n) is 11.4. The molecule has 3 aromatic rings. The van der Waals surface area contributed by atoms with Crippen molar-refractivity contribution in [1.82, 2.24) is 4.98 Å². The number of halogens is 2. The molecular weight excluding hydrogens is 359 g/mol. The number of thiazole rings is 1. The first-order valence-corrected chi connectivity index (χ1v) is 9.07. The molecule has 1 N–H and O–H groups in total. The van der Waals surface area contributed by atoms with Gasteiger partial charge in [0.1, 0.15) is 0 Å². The number of rotatable bonds is 3. The van der Waals surface area contributed by atoms with Crippen LogP contribution in [0.3, 0.4) is 0 Å². The van der Waals surface area contributed by atoms with Crippen LogP contribution in [0.25, 0.3) is 10.2 Å². The molecule has 0 saturated carbocycles. The van der Waals surface area contributed by atoms with Crippen LogP contribution in [-0.2, 0) is 0 Å². The van der Waals surface area contributed by atoms with Crippen molar-refractivity contribution in [1.29, 1.82) is 0 Å². The monoisotopic (exact) mass is 368 g/mol. The smallest absolute Gasteiger partial charge is 0.257 e. The van der Waals surface area contributed by atoms with Crippen LogP contribution < -0.4 is 5.32 Å². The van der Waals surface area contributed by atoms with E-state index in [1.165, 1.54) is 11.3 Å². The van der Waals surface area contributed by atoms with E-state index in [0.717, 1.165) is 15.1 Å². The van der Waals surface area contributed by atoms with E-state index in [-0.39, 0.29) is 5.91 Å². The number of para-hydroxylation sites is 1. The quantitative estimate of drug-likeness (QED) is 0.613. The lowest BCUT2D eigenvalue weighted by atomic mass is 10.2. The second-order valence-electron chi connectivity index (χ2n) is 4.44. The van der Waals surface area contributed by atoms with Gasteiger partial charge in [-0.2, -0.15) is 0 Å². The third-order valence-electron chi connectivity index (χ3n) is 2.95. The van der Waals surface area contributed by atoms with Crippen molar-refractivity contribution in [2.24, 2.45) is 0 Å². The first-order chi connectivity index (χ1) is 10.6. The summed E-state index contributed by atoms with van der Waals surface area (Å²) in [7, 11) is 0. The van der Waals surface area contributed by atoms with Gasteiger partial charge in [0, 0.05) is 20.5 Å². The van der Waals surface area contributed by atoms with Crippen LogP contribution in [0.5, 0.6) is 0 Å². The zero-order valence-corrected chi connectivity index (χ0v) is 14.5. The van der Waals surface area contributed by atoms with Crippen molar-refractivity contribution in [2.75, 3.05) is 11.6 Å². The summed E-state index contributed by atoms with van der Waals surface area (Å²) in [4.78, 5) is 17.9. The van der Waals surface area contributed by atoms with E-state index in [1.807, 2.05) is 24.5 Å². The van der Waals surface area contributed by atoms with Crippen LogP contribution in [0.2, 0.25) is 10.0 Å². The predicted octanol–water partition coefficient (Wildman–Crippen LogP) is 5.58. The molecule has 1 heterocycles. The molecule has 0 bridgehead atoms. The van der Waals surface area contributed by atoms with Gasteiger partial charge >= 0.3 is 0 Å². The molecule has 0 fully saturated rings. The van der Waals surface area contributed by atoms with Gasteiger partial charge in [-0.1, -0.05) is 40.6 Å². The number of fused-ring (bicyclic) bond motifs is 1. The summed E-state index contributed by atoms with van der Waals surface area (Å²) in [5.41, 5.74) is 1.31. The van der Waals surface area contributed by atoms with Gasteiger partial charge in [-0.25, -0.2) is 4.98 Å². The summed E-state index contributed by atoms with van der Waals surface area (Å²) in [6.45, 7) is 0. The standard InChI is InChI=1S/C15H10Cl2N2OS2/c1-21-11-3-2-4-12-13(11)18-15(22-12)19-14(20)8-5-9(16)7-10(17)6-8/h2-7H,1H3,(H,18,19,20). The van der Waals surface area contributed by atoms with Crippen LogP contribution in [0, 0.1) is 0 Å². The highest BCUT2D eigenvalue weighted by Crippen LogP contribution is 2.32. The molecule has 3 nitrogen and oxygen atoms in total. The molecular formula is C15H10Cl2N2OS2. The molecule has 0 spiro atoms. The average molecular weight is 369 g/mol. The molecule has 0 unspecified atom stereocenters. The van der Waals surface area contributed by atoms with E-state index in [1.54, 1.807) is 30.0 Å². The van der Waals surface area contributed by atoms with Crippen LogP contribution in [0.15, 0.2) is 41.3 Å². The highest BCUT2D eigenvalue weighted by atomic mass is 35.5. The minimum absolute atomic E-state index is 0.283. The van der Waals surface area contributed by atoms with Gasteiger partial charge in [0.2, 0.25) is 0 Å². The Morgan fingerprint density at radius 1 is 1.23 bits per heavy atom. The molecule has 0 atom stereocenters. The number of benzene rings is 2. The topological polar surface area (TPSA) is 42.0 Å². The molecule has 7 heteroatoms. The number of thioether (sulfide) groups is 1. The average Bonchev–Trinajstić information content (AvgIpc) is 2.88. The molecule has 2 aromatic carbocycles. The summed E-state index contributed by atoms with van der Waals surface area (Å²) in [6.07, 6.45) is 2.00. The Balaban J connectivity index is 1.91. The van der Waals surface area contributed by atoms with Gasteiger partial charge in [-0.3, -0.25) is 10.1 Å². The van der Waals surface area contributed by atoms with Crippen molar-refractivity contribution >= 4 is 67.6 Å². The Bertz CT molecular complexity index is 844. The molecule has 1 aromatic heterocycles. The summed E-state index contributed by atoms with van der Waals surface area (Å²) in [5.74, 6) is -0.283. The molecule has 0 saturated heterocycles. The molecule has 22 heavy (non-hydrogen) atoms. The second kappa shape index (κ2) is 6.46. The van der Waals surface area contributed by atoms with Crippen LogP contribution in [-0.4, -0.2) is 17.1 Å². The fraction of sp³-hybridized carbons (Fsp3) is 0.0667. The minimum Gasteiger partial charge on any atom is -0.298 e. The van der Waals surface area contributed by atoms with Crippen molar-refractivity contribution < 1.29 is 4.79 Å². The van der Waals surface area contributed by atoms with Gasteiger partial charge in [0.25, 0.3) is 5.91 Å². The number of carbonyl (C=O) groups is 1. The zero-order chi connectivity index (χ0) is 15.7. The Labute approximate surface area is 145 Å².